The number of hydrogen-bond acceptors (Lipinski definition) is 7. The number of hydrogen-bond donors (Lipinski definition) is 1. The van der Waals surface area contributed by atoms with Crippen molar-refractivity contribution in [2.24, 2.45) is 0 Å². The highest BCUT2D eigenvalue weighted by atomic mass is 19.2. The molecule has 1 heterocycles. The summed E-state index contributed by atoms with van der Waals surface area (Å²) in [6.07, 6.45) is 10.5. The number of para-hydroxylation sites is 1. The summed E-state index contributed by atoms with van der Waals surface area (Å²) in [6, 6.07) is 11.4. The second kappa shape index (κ2) is 19.2. The van der Waals surface area contributed by atoms with Crippen LogP contribution in [0.4, 0.5) is 28.9 Å². The molecule has 2 aliphatic rings. The maximum Gasteiger partial charge on any atom is 0.343 e. The Labute approximate surface area is 353 Å². The first kappa shape index (κ1) is 45.5. The number of halogens is 4. The van der Waals surface area contributed by atoms with Crippen molar-refractivity contribution in [2.75, 3.05) is 37.0 Å². The second-order valence-corrected chi connectivity index (χ2v) is 15.7. The van der Waals surface area contributed by atoms with Crippen LogP contribution in [0.3, 0.4) is 0 Å². The summed E-state index contributed by atoms with van der Waals surface area (Å²) in [5.41, 5.74) is 3.08. The van der Waals surface area contributed by atoms with Crippen LogP contribution in [0.5, 0.6) is 11.5 Å². The highest BCUT2D eigenvalue weighted by Gasteiger charge is 2.34. The molecule has 3 aromatic carbocycles. The van der Waals surface area contributed by atoms with Gasteiger partial charge in [-0.3, -0.25) is 9.59 Å². The predicted molar refractivity (Wildman–Crippen MR) is 226 cm³/mol. The summed E-state index contributed by atoms with van der Waals surface area (Å²) >= 11 is 0. The zero-order valence-corrected chi connectivity index (χ0v) is 34.8. The van der Waals surface area contributed by atoms with E-state index in [0.29, 0.717) is 28.9 Å². The number of carbonyl (C=O) groups is 3. The summed E-state index contributed by atoms with van der Waals surface area (Å²) in [5.74, 6) is -1.89. The lowest BCUT2D eigenvalue weighted by Gasteiger charge is -2.39. The van der Waals surface area contributed by atoms with Crippen LogP contribution in [-0.4, -0.2) is 60.6 Å². The van der Waals surface area contributed by atoms with Crippen LogP contribution in [0.15, 0.2) is 96.3 Å². The average molecular weight is 838 g/mol. The fourth-order valence-electron chi connectivity index (χ4n) is 6.34. The zero-order chi connectivity index (χ0) is 44.6. The van der Waals surface area contributed by atoms with Gasteiger partial charge in [0.1, 0.15) is 12.4 Å². The number of esters is 1. The van der Waals surface area contributed by atoms with Crippen molar-refractivity contribution in [2.45, 2.75) is 70.9 Å². The van der Waals surface area contributed by atoms with Crippen LogP contribution >= 0.6 is 0 Å². The molecule has 318 valence electrons. The van der Waals surface area contributed by atoms with E-state index in [1.54, 1.807) is 35.1 Å². The maximum atomic E-state index is 14.3. The summed E-state index contributed by atoms with van der Waals surface area (Å²) < 4.78 is 73.1. The second-order valence-electron chi connectivity index (χ2n) is 15.7. The molecular formula is C48H47F4N3O6. The van der Waals surface area contributed by atoms with Gasteiger partial charge in [0.05, 0.1) is 35.5 Å². The van der Waals surface area contributed by atoms with E-state index in [9.17, 15) is 31.9 Å². The quantitative estimate of drug-likeness (QED) is 0.0476. The van der Waals surface area contributed by atoms with E-state index in [1.807, 2.05) is 52.0 Å². The summed E-state index contributed by atoms with van der Waals surface area (Å²) in [7, 11) is 1.67. The Bertz CT molecular complexity index is 2400. The molecule has 3 aromatic rings. The lowest BCUT2D eigenvalue weighted by Crippen LogP contribution is -2.50. The van der Waals surface area contributed by atoms with Gasteiger partial charge in [0, 0.05) is 61.0 Å². The first-order valence-electron chi connectivity index (χ1n) is 19.4. The van der Waals surface area contributed by atoms with E-state index in [1.165, 1.54) is 12.1 Å². The molecule has 5 rings (SSSR count). The zero-order valence-electron chi connectivity index (χ0n) is 34.8. The number of amides is 2. The maximum absolute atomic E-state index is 14.3. The van der Waals surface area contributed by atoms with Crippen molar-refractivity contribution >= 4 is 29.2 Å². The normalized spacial score (nSPS) is 14.6. The number of benzene rings is 3. The smallest absolute Gasteiger partial charge is 0.343 e. The first-order valence-corrected chi connectivity index (χ1v) is 19.4. The molecule has 0 radical (unpaired) electrons. The van der Waals surface area contributed by atoms with Crippen molar-refractivity contribution in [3.63, 3.8) is 0 Å². The van der Waals surface area contributed by atoms with E-state index >= 15 is 0 Å². The van der Waals surface area contributed by atoms with Crippen LogP contribution in [0.1, 0.15) is 75.7 Å². The molecule has 0 bridgehead atoms. The molecule has 0 saturated heterocycles. The van der Waals surface area contributed by atoms with Gasteiger partial charge in [-0.05, 0) is 70.4 Å². The van der Waals surface area contributed by atoms with Crippen molar-refractivity contribution < 1.29 is 46.2 Å². The Morgan fingerprint density at radius 1 is 0.967 bits per heavy atom. The number of anilines is 2. The third-order valence-electron chi connectivity index (χ3n) is 10.2. The van der Waals surface area contributed by atoms with Crippen molar-refractivity contribution in [3.8, 4) is 35.7 Å². The third kappa shape index (κ3) is 11.4. The highest BCUT2D eigenvalue weighted by Crippen LogP contribution is 2.38. The van der Waals surface area contributed by atoms with Crippen LogP contribution in [0.25, 0.3) is 0 Å². The molecule has 0 spiro atoms. The number of nitrogens with zero attached hydrogens (tertiary/aromatic N) is 2. The molecule has 2 amide bonds. The lowest BCUT2D eigenvalue weighted by atomic mass is 9.99. The average Bonchev–Trinajstić information content (AvgIpc) is 4.08. The fourth-order valence-corrected chi connectivity index (χ4v) is 6.34. The number of allylic oxidation sites excluding steroid dienone is 3. The third-order valence-corrected chi connectivity index (χ3v) is 10.2. The summed E-state index contributed by atoms with van der Waals surface area (Å²) in [4.78, 5) is 43.7. The molecule has 13 heteroatoms. The SMILES string of the molecule is C#CCOc1cc(NC(CC(C)(C)OCC(C)(C)N(C)C(=O)CCC(=O)N2C/C(C=C)=C(/C=C)C#Cc3ccccc32)=C2CC2)cc(C(=O)Oc2c(F)c(F)cc(F)c2F)c1. The molecule has 1 N–H and O–H groups in total. The van der Waals surface area contributed by atoms with E-state index in [-0.39, 0.29) is 61.8 Å². The van der Waals surface area contributed by atoms with Crippen LogP contribution in [0.2, 0.25) is 0 Å². The molecule has 61 heavy (non-hydrogen) atoms. The number of carbonyl (C=O) groups excluding carboxylic acids is 3. The van der Waals surface area contributed by atoms with E-state index < -0.39 is 46.1 Å². The molecule has 1 aliphatic heterocycles. The number of ether oxygens (including phenoxy) is 3. The Balaban J connectivity index is 1.24. The first-order chi connectivity index (χ1) is 28.9. The van der Waals surface area contributed by atoms with Gasteiger partial charge >= 0.3 is 5.97 Å². The number of likely N-dealkylation sites (N-methyl/N-ethyl adjacent to an activating group) is 1. The Kier molecular flexibility index (Phi) is 14.3. The summed E-state index contributed by atoms with van der Waals surface area (Å²) in [6.45, 7) is 15.4. The number of nitrogens with one attached hydrogen (secondary N) is 1. The Morgan fingerprint density at radius 2 is 1.66 bits per heavy atom. The van der Waals surface area contributed by atoms with E-state index in [4.69, 9.17) is 20.6 Å². The van der Waals surface area contributed by atoms with Crippen LogP contribution in [0, 0.1) is 47.5 Å². The predicted octanol–water partition coefficient (Wildman–Crippen LogP) is 9.20. The van der Waals surface area contributed by atoms with Gasteiger partial charge < -0.3 is 29.3 Å². The molecule has 1 aliphatic carbocycles. The Morgan fingerprint density at radius 3 is 2.30 bits per heavy atom. The molecule has 1 saturated carbocycles. The topological polar surface area (TPSA) is 97.4 Å². The van der Waals surface area contributed by atoms with Gasteiger partial charge in [-0.15, -0.1) is 6.42 Å². The highest BCUT2D eigenvalue weighted by molar-refractivity contribution is 5.97. The van der Waals surface area contributed by atoms with Gasteiger partial charge in [-0.2, -0.15) is 8.78 Å². The number of rotatable bonds is 17. The number of fused-ring (bicyclic) bond motifs is 1. The van der Waals surface area contributed by atoms with E-state index in [2.05, 4.69) is 36.2 Å². The molecule has 1 fully saturated rings. The standard InChI is InChI=1S/C48H47F4N3O6/c1-9-22-59-36-24-34(46(58)61-45-43(51)37(49)26-38(50)44(45)52)23-35(25-36)53-39(32-17-18-32)27-48(6,7)60-29-47(4,5)54(8)41(56)20-21-42(57)55-28-31(11-3)30(10-2)16-19-33-14-12-13-15-40(33)55/h1,10-15,23-26,53H,2-3,17-18,20-22,27-29H2,4-8H3/b31-30-. The van der Waals surface area contributed by atoms with Crippen molar-refractivity contribution in [3.05, 3.63) is 131 Å². The van der Waals surface area contributed by atoms with Crippen molar-refractivity contribution in [1.29, 1.82) is 0 Å². The summed E-state index contributed by atoms with van der Waals surface area (Å²) in [5, 5.41) is 3.30. The van der Waals surface area contributed by atoms with Crippen molar-refractivity contribution in [1.82, 2.24) is 4.90 Å². The monoisotopic (exact) mass is 837 g/mol. The van der Waals surface area contributed by atoms with Crippen LogP contribution < -0.4 is 19.7 Å². The Hall–Kier alpha value is -6.57. The largest absolute Gasteiger partial charge is 0.481 e. The van der Waals surface area contributed by atoms with Crippen LogP contribution in [-0.2, 0) is 14.3 Å². The molecule has 0 atom stereocenters. The minimum atomic E-state index is -1.87. The molecule has 0 unspecified atom stereocenters. The van der Waals surface area contributed by atoms with E-state index in [0.717, 1.165) is 29.7 Å². The molecular weight excluding hydrogens is 791 g/mol. The van der Waals surface area contributed by atoms with Gasteiger partial charge in [-0.25, -0.2) is 13.6 Å². The molecule has 9 nitrogen and oxygen atoms in total. The molecule has 0 aromatic heterocycles. The fraction of sp³-hybridized carbons (Fsp3) is 0.312. The van der Waals surface area contributed by atoms with Gasteiger partial charge in [0.2, 0.25) is 29.2 Å². The van der Waals surface area contributed by atoms with Gasteiger partial charge in [0.15, 0.2) is 11.6 Å². The minimum Gasteiger partial charge on any atom is -0.481 e. The lowest BCUT2D eigenvalue weighted by molar-refractivity contribution is -0.141. The minimum absolute atomic E-state index is 0.00483. The number of terminal acetylenes is 1. The van der Waals surface area contributed by atoms with Gasteiger partial charge in [0.25, 0.3) is 0 Å². The van der Waals surface area contributed by atoms with Gasteiger partial charge in [-0.1, -0.05) is 60.8 Å².